The number of hydrogen-bond donors (Lipinski definition) is 0. The van der Waals surface area contributed by atoms with Crippen LogP contribution in [0.1, 0.15) is 13.8 Å². The normalized spacial score (nSPS) is 21.8. The molecule has 0 saturated carbocycles. The molecule has 1 fully saturated rings. The van der Waals surface area contributed by atoms with Gasteiger partial charge in [-0.1, -0.05) is 23.4 Å². The Bertz CT molecular complexity index is 656. The Hall–Kier alpha value is -1.05. The molecule has 1 heterocycles. The summed E-state index contributed by atoms with van der Waals surface area (Å²) in [6.07, 6.45) is 0. The summed E-state index contributed by atoms with van der Waals surface area (Å²) in [6, 6.07) is 5.76. The number of rotatable bonds is 3. The minimum absolute atomic E-state index is 0.0538. The maximum Gasteiger partial charge on any atom is 0.284 e. The Morgan fingerprint density at radius 1 is 1.35 bits per heavy atom. The molecule has 108 valence electrons. The molecule has 2 rings (SSSR count). The molecular formula is C12H13ClN2O3S2. The summed E-state index contributed by atoms with van der Waals surface area (Å²) in [7, 11) is -3.84. The van der Waals surface area contributed by atoms with Gasteiger partial charge in [0.05, 0.1) is 10.1 Å². The van der Waals surface area contributed by atoms with Crippen molar-refractivity contribution in [2.24, 2.45) is 4.40 Å². The summed E-state index contributed by atoms with van der Waals surface area (Å²) >= 11 is 6.88. The lowest BCUT2D eigenvalue weighted by Gasteiger charge is -2.12. The van der Waals surface area contributed by atoms with Crippen LogP contribution in [0.3, 0.4) is 0 Å². The fourth-order valence-electron chi connectivity index (χ4n) is 1.71. The molecule has 0 radical (unpaired) electrons. The second-order valence-electron chi connectivity index (χ2n) is 4.15. The SMILES string of the molecule is CCN1C(=O)[C@@H](C)SC1=NS(=O)(=O)c1ccc(Cl)cc1. The van der Waals surface area contributed by atoms with Crippen LogP contribution in [0.5, 0.6) is 0 Å². The van der Waals surface area contributed by atoms with Crippen LogP contribution in [-0.4, -0.2) is 36.2 Å². The first-order valence-electron chi connectivity index (χ1n) is 5.93. The van der Waals surface area contributed by atoms with Gasteiger partial charge in [0, 0.05) is 11.6 Å². The number of carbonyl (C=O) groups excluding carboxylic acids is 1. The van der Waals surface area contributed by atoms with Crippen molar-refractivity contribution >= 4 is 44.5 Å². The van der Waals surface area contributed by atoms with Crippen LogP contribution in [0, 0.1) is 0 Å². The highest BCUT2D eigenvalue weighted by Crippen LogP contribution is 2.28. The maximum absolute atomic E-state index is 12.2. The number of amides is 1. The molecule has 1 saturated heterocycles. The van der Waals surface area contributed by atoms with Crippen LogP contribution in [0.2, 0.25) is 5.02 Å². The van der Waals surface area contributed by atoms with Crippen LogP contribution in [0.15, 0.2) is 33.6 Å². The van der Waals surface area contributed by atoms with E-state index < -0.39 is 10.0 Å². The molecule has 0 unspecified atom stereocenters. The van der Waals surface area contributed by atoms with Gasteiger partial charge in [-0.05, 0) is 38.1 Å². The molecule has 1 aliphatic heterocycles. The number of thioether (sulfide) groups is 1. The van der Waals surface area contributed by atoms with Gasteiger partial charge >= 0.3 is 0 Å². The number of halogens is 1. The van der Waals surface area contributed by atoms with E-state index in [4.69, 9.17) is 11.6 Å². The average molecular weight is 333 g/mol. The lowest BCUT2D eigenvalue weighted by molar-refractivity contribution is -0.125. The number of benzene rings is 1. The third kappa shape index (κ3) is 2.99. The van der Waals surface area contributed by atoms with Crippen LogP contribution < -0.4 is 0 Å². The van der Waals surface area contributed by atoms with Gasteiger partial charge in [-0.3, -0.25) is 9.69 Å². The highest BCUT2D eigenvalue weighted by molar-refractivity contribution is 8.16. The van der Waals surface area contributed by atoms with E-state index in [0.29, 0.717) is 11.6 Å². The number of carbonyl (C=O) groups is 1. The van der Waals surface area contributed by atoms with Crippen LogP contribution in [-0.2, 0) is 14.8 Å². The van der Waals surface area contributed by atoms with Gasteiger partial charge in [-0.15, -0.1) is 4.40 Å². The topological polar surface area (TPSA) is 66.8 Å². The van der Waals surface area contributed by atoms with E-state index in [2.05, 4.69) is 4.40 Å². The van der Waals surface area contributed by atoms with E-state index in [1.165, 1.54) is 29.2 Å². The van der Waals surface area contributed by atoms with Crippen molar-refractivity contribution in [1.82, 2.24) is 4.90 Å². The molecule has 1 atom stereocenters. The van der Waals surface area contributed by atoms with Gasteiger partial charge in [0.1, 0.15) is 0 Å². The highest BCUT2D eigenvalue weighted by atomic mass is 35.5. The van der Waals surface area contributed by atoms with Gasteiger partial charge < -0.3 is 0 Å². The molecule has 0 N–H and O–H groups in total. The van der Waals surface area contributed by atoms with Crippen LogP contribution >= 0.6 is 23.4 Å². The Morgan fingerprint density at radius 2 is 1.95 bits per heavy atom. The first-order chi connectivity index (χ1) is 9.35. The molecule has 0 aromatic heterocycles. The van der Waals surface area contributed by atoms with E-state index in [-0.39, 0.29) is 21.2 Å². The van der Waals surface area contributed by atoms with Crippen molar-refractivity contribution in [3.63, 3.8) is 0 Å². The molecule has 5 nitrogen and oxygen atoms in total. The van der Waals surface area contributed by atoms with Crippen LogP contribution in [0.25, 0.3) is 0 Å². The lowest BCUT2D eigenvalue weighted by Crippen LogP contribution is -2.31. The minimum Gasteiger partial charge on any atom is -0.290 e. The predicted molar refractivity (Wildman–Crippen MR) is 80.5 cm³/mol. The van der Waals surface area contributed by atoms with Gasteiger partial charge in [0.2, 0.25) is 5.91 Å². The van der Waals surface area contributed by atoms with E-state index in [9.17, 15) is 13.2 Å². The summed E-state index contributed by atoms with van der Waals surface area (Å²) in [5.74, 6) is -0.123. The fraction of sp³-hybridized carbons (Fsp3) is 0.333. The van der Waals surface area contributed by atoms with Gasteiger partial charge in [-0.25, -0.2) is 0 Å². The molecule has 0 aliphatic carbocycles. The van der Waals surface area contributed by atoms with Crippen molar-refractivity contribution in [2.75, 3.05) is 6.54 Å². The van der Waals surface area contributed by atoms with E-state index in [1.54, 1.807) is 13.8 Å². The van der Waals surface area contributed by atoms with E-state index in [1.807, 2.05) is 0 Å². The van der Waals surface area contributed by atoms with Crippen molar-refractivity contribution in [3.05, 3.63) is 29.3 Å². The third-order valence-electron chi connectivity index (χ3n) is 2.75. The van der Waals surface area contributed by atoms with Crippen molar-refractivity contribution in [1.29, 1.82) is 0 Å². The average Bonchev–Trinajstić information content (AvgIpc) is 2.64. The summed E-state index contributed by atoms with van der Waals surface area (Å²) in [6.45, 7) is 3.90. The summed E-state index contributed by atoms with van der Waals surface area (Å²) in [5, 5.41) is 0.361. The molecule has 20 heavy (non-hydrogen) atoms. The number of hydrogen-bond acceptors (Lipinski definition) is 4. The zero-order valence-electron chi connectivity index (χ0n) is 10.9. The lowest BCUT2D eigenvalue weighted by atomic mass is 10.4. The fourth-order valence-corrected chi connectivity index (χ4v) is 4.08. The molecule has 0 bridgehead atoms. The van der Waals surface area contributed by atoms with Crippen molar-refractivity contribution < 1.29 is 13.2 Å². The maximum atomic E-state index is 12.2. The van der Waals surface area contributed by atoms with Gasteiger partial charge in [0.15, 0.2) is 5.17 Å². The molecule has 1 aromatic rings. The van der Waals surface area contributed by atoms with E-state index in [0.717, 1.165) is 11.8 Å². The first kappa shape index (κ1) is 15.3. The summed E-state index contributed by atoms with van der Waals surface area (Å²) < 4.78 is 28.2. The Labute approximate surface area is 127 Å². The monoisotopic (exact) mass is 332 g/mol. The molecule has 1 amide bonds. The molecule has 1 aliphatic rings. The number of sulfonamides is 1. The second kappa shape index (κ2) is 5.75. The number of amidine groups is 1. The summed E-state index contributed by atoms with van der Waals surface area (Å²) in [5.41, 5.74) is 0. The highest BCUT2D eigenvalue weighted by Gasteiger charge is 2.35. The minimum atomic E-state index is -3.84. The smallest absolute Gasteiger partial charge is 0.284 e. The Balaban J connectivity index is 2.38. The summed E-state index contributed by atoms with van der Waals surface area (Å²) in [4.78, 5) is 13.3. The largest absolute Gasteiger partial charge is 0.290 e. The Morgan fingerprint density at radius 3 is 2.50 bits per heavy atom. The zero-order valence-corrected chi connectivity index (χ0v) is 13.3. The van der Waals surface area contributed by atoms with Crippen molar-refractivity contribution in [2.45, 2.75) is 24.0 Å². The van der Waals surface area contributed by atoms with Gasteiger partial charge in [0.25, 0.3) is 10.0 Å². The first-order valence-corrected chi connectivity index (χ1v) is 8.63. The quantitative estimate of drug-likeness (QED) is 0.852. The number of nitrogens with zero attached hydrogens (tertiary/aromatic N) is 2. The van der Waals surface area contributed by atoms with Crippen LogP contribution in [0.4, 0.5) is 0 Å². The second-order valence-corrected chi connectivity index (χ2v) is 7.49. The molecular weight excluding hydrogens is 320 g/mol. The van der Waals surface area contributed by atoms with E-state index >= 15 is 0 Å². The van der Waals surface area contributed by atoms with Crippen molar-refractivity contribution in [3.8, 4) is 0 Å². The van der Waals surface area contributed by atoms with Gasteiger partial charge in [-0.2, -0.15) is 8.42 Å². The standard InChI is InChI=1S/C12H13ClN2O3S2/c1-3-15-11(16)8(2)19-12(15)14-20(17,18)10-6-4-9(13)5-7-10/h4-8H,3H2,1-2H3/t8-/m1/s1. The molecule has 8 heteroatoms. The third-order valence-corrected chi connectivity index (χ3v) is 5.48. The zero-order chi connectivity index (χ0) is 14.9. The molecule has 0 spiro atoms. The molecule has 1 aromatic carbocycles. The predicted octanol–water partition coefficient (Wildman–Crippen LogP) is 2.37. The Kier molecular flexibility index (Phi) is 4.41.